The zero-order valence-corrected chi connectivity index (χ0v) is 12.2. The van der Waals surface area contributed by atoms with Crippen molar-refractivity contribution in [2.24, 2.45) is 0 Å². The van der Waals surface area contributed by atoms with E-state index in [1.807, 2.05) is 4.90 Å². The molecule has 5 nitrogen and oxygen atoms in total. The second-order valence-corrected chi connectivity index (χ2v) is 5.77. The quantitative estimate of drug-likeness (QED) is 0.752. The molecule has 110 valence electrons. The highest BCUT2D eigenvalue weighted by atomic mass is 16.2. The van der Waals surface area contributed by atoms with Crippen molar-refractivity contribution in [1.29, 1.82) is 0 Å². The number of hydrogen-bond acceptors (Lipinski definition) is 4. The molecule has 1 N–H and O–H groups in total. The van der Waals surface area contributed by atoms with Gasteiger partial charge in [0.1, 0.15) is 0 Å². The molecule has 19 heavy (non-hydrogen) atoms. The Hall–Kier alpha value is -0.650. The Morgan fingerprint density at radius 3 is 2.47 bits per heavy atom. The van der Waals surface area contributed by atoms with E-state index in [2.05, 4.69) is 22.2 Å². The molecule has 2 rings (SSSR count). The number of likely N-dealkylation sites (N-methyl/N-ethyl adjacent to an activating group) is 1. The van der Waals surface area contributed by atoms with E-state index >= 15 is 0 Å². The van der Waals surface area contributed by atoms with Gasteiger partial charge in [0.2, 0.25) is 5.91 Å². The second kappa shape index (κ2) is 7.82. The molecule has 0 spiro atoms. The van der Waals surface area contributed by atoms with E-state index in [0.29, 0.717) is 6.54 Å². The van der Waals surface area contributed by atoms with Gasteiger partial charge in [0.15, 0.2) is 0 Å². The summed E-state index contributed by atoms with van der Waals surface area (Å²) < 4.78 is 0. The van der Waals surface area contributed by atoms with Gasteiger partial charge in [-0.25, -0.2) is 0 Å². The second-order valence-electron chi connectivity index (χ2n) is 5.77. The van der Waals surface area contributed by atoms with E-state index < -0.39 is 0 Å². The Kier molecular flexibility index (Phi) is 6.07. The first kappa shape index (κ1) is 14.8. The van der Waals surface area contributed by atoms with Crippen LogP contribution in [0.2, 0.25) is 0 Å². The minimum absolute atomic E-state index is 0.280. The first-order valence-electron chi connectivity index (χ1n) is 7.65. The lowest BCUT2D eigenvalue weighted by Gasteiger charge is -2.31. The van der Waals surface area contributed by atoms with Gasteiger partial charge in [0, 0.05) is 39.3 Å². The van der Waals surface area contributed by atoms with Gasteiger partial charge in [-0.1, -0.05) is 6.42 Å². The Balaban J connectivity index is 1.62. The van der Waals surface area contributed by atoms with E-state index in [1.54, 1.807) is 0 Å². The monoisotopic (exact) mass is 268 g/mol. The summed E-state index contributed by atoms with van der Waals surface area (Å²) >= 11 is 0. The number of piperazine rings is 1. The zero-order chi connectivity index (χ0) is 13.5. The van der Waals surface area contributed by atoms with E-state index in [4.69, 9.17) is 0 Å². The number of carbonyl (C=O) groups excluding carboxylic acids is 1. The van der Waals surface area contributed by atoms with Gasteiger partial charge in [-0.15, -0.1) is 0 Å². The molecule has 1 amide bonds. The standard InChI is InChI=1S/C14H28N4O/c1-16(11-12-17-7-3-2-4-8-17)13-14(19)18-9-5-15-6-10-18/h15H,2-13H2,1H3. The summed E-state index contributed by atoms with van der Waals surface area (Å²) in [5.74, 6) is 0.280. The van der Waals surface area contributed by atoms with Crippen LogP contribution in [-0.4, -0.2) is 86.6 Å². The van der Waals surface area contributed by atoms with Gasteiger partial charge in [0.05, 0.1) is 6.54 Å². The van der Waals surface area contributed by atoms with Gasteiger partial charge >= 0.3 is 0 Å². The summed E-state index contributed by atoms with van der Waals surface area (Å²) in [6, 6.07) is 0. The molecular weight excluding hydrogens is 240 g/mol. The SMILES string of the molecule is CN(CCN1CCCCC1)CC(=O)N1CCNCC1. The van der Waals surface area contributed by atoms with E-state index in [0.717, 1.165) is 39.3 Å². The predicted molar refractivity (Wildman–Crippen MR) is 77.2 cm³/mol. The number of rotatable bonds is 5. The molecule has 2 saturated heterocycles. The Bertz CT molecular complexity index is 273. The molecule has 0 aromatic rings. The minimum atomic E-state index is 0.280. The predicted octanol–water partition coefficient (Wildman–Crippen LogP) is -0.164. The largest absolute Gasteiger partial charge is 0.339 e. The summed E-state index contributed by atoms with van der Waals surface area (Å²) in [4.78, 5) is 18.8. The summed E-state index contributed by atoms with van der Waals surface area (Å²) in [6.45, 7) is 8.72. The highest BCUT2D eigenvalue weighted by Crippen LogP contribution is 2.07. The Morgan fingerprint density at radius 2 is 1.79 bits per heavy atom. The van der Waals surface area contributed by atoms with Crippen LogP contribution >= 0.6 is 0 Å². The van der Waals surface area contributed by atoms with E-state index in [1.165, 1.54) is 32.4 Å². The molecule has 2 aliphatic heterocycles. The summed E-state index contributed by atoms with van der Waals surface area (Å²) in [5, 5.41) is 3.28. The van der Waals surface area contributed by atoms with Gasteiger partial charge in [0.25, 0.3) is 0 Å². The van der Waals surface area contributed by atoms with Crippen molar-refractivity contribution in [3.05, 3.63) is 0 Å². The van der Waals surface area contributed by atoms with Crippen LogP contribution in [-0.2, 0) is 4.79 Å². The number of amides is 1. The molecule has 0 aromatic carbocycles. The number of likely N-dealkylation sites (tertiary alicyclic amines) is 1. The Labute approximate surface area is 116 Å². The number of nitrogens with one attached hydrogen (secondary N) is 1. The minimum Gasteiger partial charge on any atom is -0.339 e. The molecule has 0 bridgehead atoms. The van der Waals surface area contributed by atoms with Crippen LogP contribution in [0.4, 0.5) is 0 Å². The maximum absolute atomic E-state index is 12.1. The average molecular weight is 268 g/mol. The van der Waals surface area contributed by atoms with Crippen molar-refractivity contribution in [3.63, 3.8) is 0 Å². The van der Waals surface area contributed by atoms with Crippen molar-refractivity contribution in [2.45, 2.75) is 19.3 Å². The molecule has 2 aliphatic rings. The van der Waals surface area contributed by atoms with Crippen LogP contribution in [0.15, 0.2) is 0 Å². The highest BCUT2D eigenvalue weighted by Gasteiger charge is 2.18. The molecule has 2 heterocycles. The normalized spacial score (nSPS) is 21.9. The van der Waals surface area contributed by atoms with Crippen LogP contribution in [0.1, 0.15) is 19.3 Å². The summed E-state index contributed by atoms with van der Waals surface area (Å²) in [7, 11) is 2.06. The molecule has 0 radical (unpaired) electrons. The van der Waals surface area contributed by atoms with E-state index in [-0.39, 0.29) is 5.91 Å². The number of hydrogen-bond donors (Lipinski definition) is 1. The first-order valence-corrected chi connectivity index (χ1v) is 7.65. The van der Waals surface area contributed by atoms with Crippen molar-refractivity contribution in [1.82, 2.24) is 20.0 Å². The molecule has 0 unspecified atom stereocenters. The molecule has 5 heteroatoms. The maximum Gasteiger partial charge on any atom is 0.236 e. The Morgan fingerprint density at radius 1 is 1.11 bits per heavy atom. The highest BCUT2D eigenvalue weighted by molar-refractivity contribution is 5.78. The van der Waals surface area contributed by atoms with Gasteiger partial charge in [-0.05, 0) is 33.0 Å². The third-order valence-electron chi connectivity index (χ3n) is 4.12. The fourth-order valence-corrected chi connectivity index (χ4v) is 2.82. The van der Waals surface area contributed by atoms with E-state index in [9.17, 15) is 4.79 Å². The lowest BCUT2D eigenvalue weighted by atomic mass is 10.1. The molecule has 0 aromatic heterocycles. The van der Waals surface area contributed by atoms with Crippen LogP contribution in [0.3, 0.4) is 0 Å². The molecule has 0 saturated carbocycles. The third kappa shape index (κ3) is 5.09. The fraction of sp³-hybridized carbons (Fsp3) is 0.929. The maximum atomic E-state index is 12.1. The topological polar surface area (TPSA) is 38.8 Å². The summed E-state index contributed by atoms with van der Waals surface area (Å²) in [5.41, 5.74) is 0. The van der Waals surface area contributed by atoms with Gasteiger partial charge < -0.3 is 15.1 Å². The average Bonchev–Trinajstić information content (AvgIpc) is 2.47. The van der Waals surface area contributed by atoms with Crippen molar-refractivity contribution >= 4 is 5.91 Å². The van der Waals surface area contributed by atoms with Crippen LogP contribution in [0.25, 0.3) is 0 Å². The number of nitrogens with zero attached hydrogens (tertiary/aromatic N) is 3. The van der Waals surface area contributed by atoms with Crippen LogP contribution < -0.4 is 5.32 Å². The lowest BCUT2D eigenvalue weighted by Crippen LogP contribution is -2.49. The van der Waals surface area contributed by atoms with Gasteiger partial charge in [-0.3, -0.25) is 9.69 Å². The molecule has 0 atom stereocenters. The van der Waals surface area contributed by atoms with Crippen LogP contribution in [0, 0.1) is 0 Å². The number of carbonyl (C=O) groups is 1. The van der Waals surface area contributed by atoms with Crippen molar-refractivity contribution in [2.75, 3.05) is 66.0 Å². The van der Waals surface area contributed by atoms with Crippen molar-refractivity contribution < 1.29 is 4.79 Å². The number of piperidine rings is 1. The third-order valence-corrected chi connectivity index (χ3v) is 4.12. The van der Waals surface area contributed by atoms with Crippen molar-refractivity contribution in [3.8, 4) is 0 Å². The lowest BCUT2D eigenvalue weighted by molar-refractivity contribution is -0.132. The smallest absolute Gasteiger partial charge is 0.236 e. The first-order chi connectivity index (χ1) is 9.25. The molecule has 0 aliphatic carbocycles. The van der Waals surface area contributed by atoms with Crippen LogP contribution in [0.5, 0.6) is 0 Å². The summed E-state index contributed by atoms with van der Waals surface area (Å²) in [6.07, 6.45) is 4.06. The van der Waals surface area contributed by atoms with Gasteiger partial charge in [-0.2, -0.15) is 0 Å². The zero-order valence-electron chi connectivity index (χ0n) is 12.2. The molecular formula is C14H28N4O. The fourth-order valence-electron chi connectivity index (χ4n) is 2.82. The molecule has 2 fully saturated rings.